The SMILES string of the molecule is NC1(c2ncc(-c3nc4c5c(nn4cc3F)C3CC5c4c(OC(F)F)cccc4C(=O)N3C(O)(O)O)cn2)COC1. The van der Waals surface area contributed by atoms with E-state index < -0.39 is 41.9 Å². The van der Waals surface area contributed by atoms with Crippen LogP contribution < -0.4 is 10.5 Å². The molecule has 2 atom stereocenters. The third-order valence-electron chi connectivity index (χ3n) is 7.56. The number of amides is 1. The van der Waals surface area contributed by atoms with Gasteiger partial charge < -0.3 is 30.5 Å². The summed E-state index contributed by atoms with van der Waals surface area (Å²) in [4.78, 5) is 26.8. The number of nitrogens with two attached hydrogens (primary N) is 1. The van der Waals surface area contributed by atoms with Crippen LogP contribution in [0.3, 0.4) is 0 Å². The summed E-state index contributed by atoms with van der Waals surface area (Å²) in [5, 5.41) is 34.8. The highest BCUT2D eigenvalue weighted by molar-refractivity contribution is 5.98. The van der Waals surface area contributed by atoms with E-state index in [1.165, 1.54) is 30.6 Å². The minimum Gasteiger partial charge on any atom is -0.434 e. The molecular formula is C25H20F3N7O6. The summed E-state index contributed by atoms with van der Waals surface area (Å²) in [6.45, 7) is -2.75. The first-order chi connectivity index (χ1) is 19.5. The zero-order valence-electron chi connectivity index (χ0n) is 20.8. The predicted molar refractivity (Wildman–Crippen MR) is 128 cm³/mol. The molecule has 16 heteroatoms. The van der Waals surface area contributed by atoms with E-state index in [9.17, 15) is 28.9 Å². The number of alkyl halides is 2. The fourth-order valence-electron chi connectivity index (χ4n) is 5.77. The molecule has 1 fully saturated rings. The Labute approximate surface area is 227 Å². The van der Waals surface area contributed by atoms with E-state index in [0.717, 1.165) is 10.7 Å². The Kier molecular flexibility index (Phi) is 5.42. The van der Waals surface area contributed by atoms with Crippen molar-refractivity contribution in [3.8, 4) is 17.0 Å². The summed E-state index contributed by atoms with van der Waals surface area (Å²) in [6, 6.07) is 2.57. The van der Waals surface area contributed by atoms with Crippen molar-refractivity contribution in [2.45, 2.75) is 36.6 Å². The first kappa shape index (κ1) is 25.7. The number of nitrogens with zero attached hydrogens (tertiary/aromatic N) is 6. The number of carbonyl (C=O) groups is 1. The van der Waals surface area contributed by atoms with Crippen molar-refractivity contribution >= 4 is 11.6 Å². The summed E-state index contributed by atoms with van der Waals surface area (Å²) in [7, 11) is 0. The molecule has 3 aliphatic rings. The number of halogens is 3. The van der Waals surface area contributed by atoms with Crippen LogP contribution >= 0.6 is 0 Å². The molecule has 13 nitrogen and oxygen atoms in total. The normalized spacial score (nSPS) is 21.1. The van der Waals surface area contributed by atoms with E-state index in [-0.39, 0.29) is 59.1 Å². The van der Waals surface area contributed by atoms with Gasteiger partial charge in [-0.05, 0) is 18.6 Å². The summed E-state index contributed by atoms with van der Waals surface area (Å²) in [5.74, 6) is -2.76. The number of benzene rings is 1. The van der Waals surface area contributed by atoms with Crippen molar-refractivity contribution in [3.05, 3.63) is 70.8 Å². The highest BCUT2D eigenvalue weighted by Crippen LogP contribution is 2.54. The van der Waals surface area contributed by atoms with E-state index in [2.05, 4.69) is 20.1 Å². The molecular weight excluding hydrogens is 551 g/mol. The van der Waals surface area contributed by atoms with Gasteiger partial charge in [-0.2, -0.15) is 13.9 Å². The lowest BCUT2D eigenvalue weighted by Crippen LogP contribution is -2.55. The first-order valence-corrected chi connectivity index (χ1v) is 12.3. The highest BCUT2D eigenvalue weighted by Gasteiger charge is 2.53. The average molecular weight is 571 g/mol. The second kappa shape index (κ2) is 8.64. The molecule has 0 saturated carbocycles. The van der Waals surface area contributed by atoms with Gasteiger partial charge in [-0.1, -0.05) is 6.07 Å². The zero-order valence-corrected chi connectivity index (χ0v) is 20.8. The minimum atomic E-state index is -3.64. The van der Waals surface area contributed by atoms with Crippen LogP contribution in [0.2, 0.25) is 0 Å². The molecule has 5 N–H and O–H groups in total. The number of aromatic nitrogens is 5. The Bertz CT molecular complexity index is 1720. The second-order valence-electron chi connectivity index (χ2n) is 10.1. The molecule has 41 heavy (non-hydrogen) atoms. The van der Waals surface area contributed by atoms with Crippen LogP contribution in [0.4, 0.5) is 13.2 Å². The van der Waals surface area contributed by atoms with E-state index in [1.54, 1.807) is 0 Å². The number of ether oxygens (including phenoxy) is 2. The maximum Gasteiger partial charge on any atom is 0.387 e. The van der Waals surface area contributed by atoms with Gasteiger partial charge in [0, 0.05) is 40.6 Å². The van der Waals surface area contributed by atoms with Gasteiger partial charge >= 0.3 is 12.7 Å². The third-order valence-corrected chi connectivity index (χ3v) is 7.56. The highest BCUT2D eigenvalue weighted by atomic mass is 19.3. The number of rotatable bonds is 5. The van der Waals surface area contributed by atoms with Gasteiger partial charge in [-0.25, -0.2) is 23.9 Å². The van der Waals surface area contributed by atoms with Gasteiger partial charge in [0.25, 0.3) is 5.91 Å². The largest absolute Gasteiger partial charge is 0.434 e. The number of carbonyl (C=O) groups excluding carboxylic acids is 1. The number of hydrogen-bond acceptors (Lipinski definition) is 11. The van der Waals surface area contributed by atoms with Gasteiger partial charge in [0.05, 0.1) is 31.1 Å². The van der Waals surface area contributed by atoms with E-state index in [4.69, 9.17) is 15.2 Å². The van der Waals surface area contributed by atoms with Crippen LogP contribution in [-0.4, -0.2) is 76.6 Å². The van der Waals surface area contributed by atoms with Crippen LogP contribution in [0, 0.1) is 5.82 Å². The molecule has 1 saturated heterocycles. The zero-order chi connectivity index (χ0) is 28.8. The second-order valence-corrected chi connectivity index (χ2v) is 10.1. The van der Waals surface area contributed by atoms with Crippen molar-refractivity contribution < 1.29 is 42.8 Å². The Morgan fingerprint density at radius 2 is 1.90 bits per heavy atom. The smallest absolute Gasteiger partial charge is 0.387 e. The monoisotopic (exact) mass is 571 g/mol. The van der Waals surface area contributed by atoms with Crippen LogP contribution in [0.25, 0.3) is 16.9 Å². The third kappa shape index (κ3) is 3.79. The van der Waals surface area contributed by atoms with Gasteiger partial charge in [0.2, 0.25) is 0 Å². The standard InChI is InChI=1S/C25H20F3N7O6/c26-13-7-34-20(32-18(13)10-5-30-22(31-6-10)24(29)8-40-9-24)17-12-4-14(19(17)33-34)35(25(37,38)39)21(36)11-2-1-3-15(16(11)12)41-23(27)28/h1-3,5-7,12,14,23,37-39H,4,8-9,29H2. The van der Waals surface area contributed by atoms with Gasteiger partial charge in [0.15, 0.2) is 17.3 Å². The lowest BCUT2D eigenvalue weighted by molar-refractivity contribution is -0.385. The molecule has 4 aromatic rings. The maximum absolute atomic E-state index is 15.3. The topological polar surface area (TPSA) is 181 Å². The van der Waals surface area contributed by atoms with Crippen molar-refractivity contribution in [2.24, 2.45) is 5.73 Å². The quantitative estimate of drug-likeness (QED) is 0.248. The first-order valence-electron chi connectivity index (χ1n) is 12.3. The lowest BCUT2D eigenvalue weighted by Gasteiger charge is -2.35. The molecule has 1 aromatic carbocycles. The Morgan fingerprint density at radius 1 is 1.17 bits per heavy atom. The summed E-state index contributed by atoms with van der Waals surface area (Å²) in [5.41, 5.74) is 5.67. The molecule has 1 amide bonds. The molecule has 5 heterocycles. The number of hydrogen-bond donors (Lipinski definition) is 4. The molecule has 2 unspecified atom stereocenters. The Hall–Kier alpha value is -4.22. The van der Waals surface area contributed by atoms with Crippen molar-refractivity contribution in [2.75, 3.05) is 13.2 Å². The van der Waals surface area contributed by atoms with Crippen molar-refractivity contribution in [1.29, 1.82) is 0 Å². The number of fused-ring (bicyclic) bond motifs is 9. The Balaban J connectivity index is 1.42. The number of aliphatic hydroxyl groups is 3. The maximum atomic E-state index is 15.3. The van der Waals surface area contributed by atoms with Gasteiger partial charge in [-0.3, -0.25) is 9.69 Å². The van der Waals surface area contributed by atoms with Gasteiger partial charge in [-0.15, -0.1) is 0 Å². The van der Waals surface area contributed by atoms with Crippen molar-refractivity contribution in [3.63, 3.8) is 0 Å². The van der Waals surface area contributed by atoms with Gasteiger partial charge in [0.1, 0.15) is 17.0 Å². The summed E-state index contributed by atoms with van der Waals surface area (Å²) in [6.07, 6.45) is 0.0174. The molecule has 2 bridgehead atoms. The summed E-state index contributed by atoms with van der Waals surface area (Å²) >= 11 is 0. The predicted octanol–water partition coefficient (Wildman–Crippen LogP) is 0.732. The molecule has 7 rings (SSSR count). The van der Waals surface area contributed by atoms with E-state index >= 15 is 4.39 Å². The Morgan fingerprint density at radius 3 is 2.54 bits per heavy atom. The molecule has 212 valence electrons. The molecule has 0 spiro atoms. The van der Waals surface area contributed by atoms with Crippen LogP contribution in [-0.2, 0) is 10.3 Å². The van der Waals surface area contributed by atoms with Crippen LogP contribution in [0.15, 0.2) is 36.8 Å². The molecule has 1 aliphatic carbocycles. The van der Waals surface area contributed by atoms with E-state index in [1.807, 2.05) is 0 Å². The van der Waals surface area contributed by atoms with Crippen LogP contribution in [0.1, 0.15) is 51.4 Å². The van der Waals surface area contributed by atoms with Crippen molar-refractivity contribution in [1.82, 2.24) is 29.5 Å². The minimum absolute atomic E-state index is 0.0134. The van der Waals surface area contributed by atoms with E-state index in [0.29, 0.717) is 16.3 Å². The fourth-order valence-corrected chi connectivity index (χ4v) is 5.77. The average Bonchev–Trinajstić information content (AvgIpc) is 3.38. The lowest BCUT2D eigenvalue weighted by atomic mass is 9.89. The fraction of sp³-hybridized carbons (Fsp3) is 0.320. The van der Waals surface area contributed by atoms with Crippen LogP contribution in [0.5, 0.6) is 5.75 Å². The summed E-state index contributed by atoms with van der Waals surface area (Å²) < 4.78 is 53.0. The molecule has 3 aromatic heterocycles. The molecule has 0 radical (unpaired) electrons. The molecule has 2 aliphatic heterocycles.